The number of hydrogen-bond donors (Lipinski definition) is 1. The minimum Gasteiger partial charge on any atom is -0.494 e. The number of methoxy groups -OCH3 is 1. The van der Waals surface area contributed by atoms with Gasteiger partial charge in [-0.3, -0.25) is 0 Å². The van der Waals surface area contributed by atoms with Crippen LogP contribution in [-0.2, 0) is 0 Å². The number of halogens is 1. The van der Waals surface area contributed by atoms with Crippen molar-refractivity contribution >= 4 is 11.8 Å². The van der Waals surface area contributed by atoms with E-state index in [1.165, 1.54) is 13.2 Å². The molecule has 1 aliphatic rings. The normalized spacial score (nSPS) is 25.6. The molecule has 76 valence electrons. The average Bonchev–Trinajstić information content (AvgIpc) is 2.16. The highest BCUT2D eigenvalue weighted by Crippen LogP contribution is 2.42. The van der Waals surface area contributed by atoms with Crippen LogP contribution in [0.25, 0.3) is 0 Å². The predicted molar refractivity (Wildman–Crippen MR) is 56.1 cm³/mol. The van der Waals surface area contributed by atoms with E-state index < -0.39 is 0 Å². The molecule has 4 heteroatoms. The molecule has 2 unspecified atom stereocenters. The lowest BCUT2D eigenvalue weighted by Gasteiger charge is -2.33. The number of ether oxygens (including phenoxy) is 1. The number of rotatable bonds is 2. The van der Waals surface area contributed by atoms with Gasteiger partial charge in [-0.15, -0.1) is 0 Å². The number of hydrogen-bond acceptors (Lipinski definition) is 3. The Morgan fingerprint density at radius 2 is 2.36 bits per heavy atom. The molecular formula is C10H12FNOS. The van der Waals surface area contributed by atoms with Crippen molar-refractivity contribution < 1.29 is 9.13 Å². The zero-order chi connectivity index (χ0) is 10.1. The fourth-order valence-electron chi connectivity index (χ4n) is 1.51. The van der Waals surface area contributed by atoms with Crippen LogP contribution in [0.3, 0.4) is 0 Å². The fourth-order valence-corrected chi connectivity index (χ4v) is 2.45. The topological polar surface area (TPSA) is 35.2 Å². The molecule has 1 fully saturated rings. The van der Waals surface area contributed by atoms with Gasteiger partial charge in [0.25, 0.3) is 0 Å². The van der Waals surface area contributed by atoms with Gasteiger partial charge in [-0.25, -0.2) is 4.39 Å². The molecule has 0 radical (unpaired) electrons. The Labute approximate surface area is 86.6 Å². The Bertz CT molecular complexity index is 345. The zero-order valence-corrected chi connectivity index (χ0v) is 8.68. The molecule has 1 aliphatic heterocycles. The average molecular weight is 213 g/mol. The molecule has 0 bridgehead atoms. The number of benzene rings is 1. The third kappa shape index (κ3) is 1.60. The Morgan fingerprint density at radius 1 is 1.57 bits per heavy atom. The molecule has 14 heavy (non-hydrogen) atoms. The Balaban J connectivity index is 2.24. The molecule has 0 amide bonds. The quantitative estimate of drug-likeness (QED) is 0.815. The molecule has 0 aliphatic carbocycles. The highest BCUT2D eigenvalue weighted by molar-refractivity contribution is 8.01. The van der Waals surface area contributed by atoms with Crippen molar-refractivity contribution in [3.05, 3.63) is 29.6 Å². The largest absolute Gasteiger partial charge is 0.494 e. The number of nitrogens with two attached hydrogens (primary N) is 1. The summed E-state index contributed by atoms with van der Waals surface area (Å²) in [6, 6.07) is 5.19. The lowest BCUT2D eigenvalue weighted by atomic mass is 10.1. The molecular weight excluding hydrogens is 201 g/mol. The molecule has 1 aromatic carbocycles. The van der Waals surface area contributed by atoms with E-state index in [1.54, 1.807) is 17.8 Å². The Hall–Kier alpha value is -0.740. The van der Waals surface area contributed by atoms with Crippen LogP contribution in [0.4, 0.5) is 4.39 Å². The van der Waals surface area contributed by atoms with Crippen molar-refractivity contribution in [1.29, 1.82) is 0 Å². The van der Waals surface area contributed by atoms with E-state index in [1.807, 2.05) is 6.07 Å². The van der Waals surface area contributed by atoms with Crippen molar-refractivity contribution in [2.75, 3.05) is 12.9 Å². The monoisotopic (exact) mass is 213 g/mol. The minimum atomic E-state index is -0.315. The second kappa shape index (κ2) is 3.79. The van der Waals surface area contributed by atoms with Crippen molar-refractivity contribution in [2.24, 2.45) is 5.73 Å². The van der Waals surface area contributed by atoms with E-state index in [0.29, 0.717) is 0 Å². The summed E-state index contributed by atoms with van der Waals surface area (Å²) >= 11 is 1.76. The second-order valence-corrected chi connectivity index (χ2v) is 4.49. The van der Waals surface area contributed by atoms with E-state index in [2.05, 4.69) is 0 Å². The summed E-state index contributed by atoms with van der Waals surface area (Å²) in [5, 5.41) is 0.246. The maximum absolute atomic E-state index is 13.3. The molecule has 0 aromatic heterocycles. The smallest absolute Gasteiger partial charge is 0.165 e. The van der Waals surface area contributed by atoms with Crippen LogP contribution < -0.4 is 10.5 Å². The van der Waals surface area contributed by atoms with Crippen LogP contribution in [0, 0.1) is 5.82 Å². The van der Waals surface area contributed by atoms with Crippen molar-refractivity contribution in [3.63, 3.8) is 0 Å². The summed E-state index contributed by atoms with van der Waals surface area (Å²) in [7, 11) is 1.46. The molecule has 1 heterocycles. The van der Waals surface area contributed by atoms with Crippen LogP contribution in [-0.4, -0.2) is 18.9 Å². The van der Waals surface area contributed by atoms with Crippen LogP contribution in [0.5, 0.6) is 5.75 Å². The van der Waals surface area contributed by atoms with Crippen molar-refractivity contribution in [3.8, 4) is 5.75 Å². The summed E-state index contributed by atoms with van der Waals surface area (Å²) in [6.07, 6.45) is 0. The molecule has 2 nitrogen and oxygen atoms in total. The molecule has 2 rings (SSSR count). The lowest BCUT2D eigenvalue weighted by molar-refractivity contribution is 0.386. The maximum Gasteiger partial charge on any atom is 0.165 e. The molecule has 2 N–H and O–H groups in total. The summed E-state index contributed by atoms with van der Waals surface area (Å²) in [6.45, 7) is 0. The highest BCUT2D eigenvalue weighted by atomic mass is 32.2. The van der Waals surface area contributed by atoms with Gasteiger partial charge < -0.3 is 10.5 Å². The van der Waals surface area contributed by atoms with Gasteiger partial charge in [0.05, 0.1) is 7.11 Å². The van der Waals surface area contributed by atoms with Crippen LogP contribution in [0.2, 0.25) is 0 Å². The number of thioether (sulfide) groups is 1. The van der Waals surface area contributed by atoms with Crippen molar-refractivity contribution in [2.45, 2.75) is 11.3 Å². The van der Waals surface area contributed by atoms with Gasteiger partial charge in [0.2, 0.25) is 0 Å². The van der Waals surface area contributed by atoms with E-state index in [0.717, 1.165) is 11.3 Å². The standard InChI is InChI=1S/C10H12FNOS/c1-13-9-3-2-6(4-7(9)11)10-8(12)5-14-10/h2-4,8,10H,5,12H2,1H3. The van der Waals surface area contributed by atoms with Gasteiger partial charge in [-0.05, 0) is 17.7 Å². The van der Waals surface area contributed by atoms with Crippen molar-refractivity contribution in [1.82, 2.24) is 0 Å². The molecule has 1 aromatic rings. The molecule has 1 saturated heterocycles. The van der Waals surface area contributed by atoms with E-state index in [-0.39, 0.29) is 22.9 Å². The van der Waals surface area contributed by atoms with Gasteiger partial charge in [0.15, 0.2) is 11.6 Å². The highest BCUT2D eigenvalue weighted by Gasteiger charge is 2.30. The van der Waals surface area contributed by atoms with E-state index in [4.69, 9.17) is 10.5 Å². The third-order valence-electron chi connectivity index (χ3n) is 2.36. The summed E-state index contributed by atoms with van der Waals surface area (Å²) < 4.78 is 18.2. The van der Waals surface area contributed by atoms with Gasteiger partial charge in [0.1, 0.15) is 0 Å². The molecule has 2 atom stereocenters. The maximum atomic E-state index is 13.3. The van der Waals surface area contributed by atoms with Gasteiger partial charge in [-0.1, -0.05) is 6.07 Å². The summed E-state index contributed by atoms with van der Waals surface area (Å²) in [5.41, 5.74) is 6.75. The zero-order valence-electron chi connectivity index (χ0n) is 7.87. The Kier molecular flexibility index (Phi) is 2.65. The van der Waals surface area contributed by atoms with Gasteiger partial charge in [-0.2, -0.15) is 11.8 Å². The fraction of sp³-hybridized carbons (Fsp3) is 0.400. The summed E-state index contributed by atoms with van der Waals surface area (Å²) in [4.78, 5) is 0. The summed E-state index contributed by atoms with van der Waals surface area (Å²) in [5.74, 6) is 0.925. The van der Waals surface area contributed by atoms with E-state index >= 15 is 0 Å². The molecule has 0 spiro atoms. The predicted octanol–water partition coefficient (Wildman–Crippen LogP) is 1.95. The first-order valence-corrected chi connectivity index (χ1v) is 5.48. The van der Waals surface area contributed by atoms with Gasteiger partial charge >= 0.3 is 0 Å². The van der Waals surface area contributed by atoms with Crippen LogP contribution in [0.1, 0.15) is 10.8 Å². The minimum absolute atomic E-state index is 0.160. The lowest BCUT2D eigenvalue weighted by Crippen LogP contribution is -2.37. The first-order valence-electron chi connectivity index (χ1n) is 4.43. The first-order chi connectivity index (χ1) is 6.72. The van der Waals surface area contributed by atoms with Crippen LogP contribution in [0.15, 0.2) is 18.2 Å². The Morgan fingerprint density at radius 3 is 2.79 bits per heavy atom. The van der Waals surface area contributed by atoms with E-state index in [9.17, 15) is 4.39 Å². The molecule has 0 saturated carbocycles. The SMILES string of the molecule is COc1ccc(C2SCC2N)cc1F. The van der Waals surface area contributed by atoms with Crippen LogP contribution >= 0.6 is 11.8 Å². The van der Waals surface area contributed by atoms with Gasteiger partial charge in [0, 0.05) is 17.0 Å². The first kappa shape index (κ1) is 9.80. The third-order valence-corrected chi connectivity index (χ3v) is 3.92. The second-order valence-electron chi connectivity index (χ2n) is 3.31.